The standard InChI is InChI=1S/C11H19N5O/c1-2-3-6-16(8-10(13)17)11-14-5-4-9(7-12)15-11/h4-5H,2-3,6-8,12H2,1H3,(H2,13,17). The number of hydrogen-bond acceptors (Lipinski definition) is 5. The number of carbonyl (C=O) groups excluding carboxylic acids is 1. The Labute approximate surface area is 101 Å². The Morgan fingerprint density at radius 2 is 2.29 bits per heavy atom. The summed E-state index contributed by atoms with van der Waals surface area (Å²) < 4.78 is 0. The monoisotopic (exact) mass is 237 g/mol. The zero-order valence-electron chi connectivity index (χ0n) is 10.1. The van der Waals surface area contributed by atoms with Gasteiger partial charge in [-0.25, -0.2) is 9.97 Å². The first-order valence-electron chi connectivity index (χ1n) is 5.72. The molecule has 0 bridgehead atoms. The zero-order chi connectivity index (χ0) is 12.7. The summed E-state index contributed by atoms with van der Waals surface area (Å²) in [6, 6.07) is 1.76. The van der Waals surface area contributed by atoms with Crippen molar-refractivity contribution in [2.24, 2.45) is 11.5 Å². The van der Waals surface area contributed by atoms with E-state index in [4.69, 9.17) is 11.5 Å². The van der Waals surface area contributed by atoms with E-state index in [1.54, 1.807) is 17.2 Å². The second kappa shape index (κ2) is 6.80. The van der Waals surface area contributed by atoms with Crippen LogP contribution in [-0.2, 0) is 11.3 Å². The summed E-state index contributed by atoms with van der Waals surface area (Å²) in [5.41, 5.74) is 11.5. The second-order valence-corrected chi connectivity index (χ2v) is 3.79. The van der Waals surface area contributed by atoms with E-state index in [2.05, 4.69) is 16.9 Å². The van der Waals surface area contributed by atoms with Crippen molar-refractivity contribution in [3.05, 3.63) is 18.0 Å². The molecule has 0 unspecified atom stereocenters. The largest absolute Gasteiger partial charge is 0.368 e. The van der Waals surface area contributed by atoms with Gasteiger partial charge in [-0.1, -0.05) is 13.3 Å². The molecule has 1 aromatic heterocycles. The van der Waals surface area contributed by atoms with Gasteiger partial charge in [0.25, 0.3) is 0 Å². The third-order valence-electron chi connectivity index (χ3n) is 2.32. The van der Waals surface area contributed by atoms with Crippen LogP contribution in [0.4, 0.5) is 5.95 Å². The Morgan fingerprint density at radius 3 is 2.88 bits per heavy atom. The third kappa shape index (κ3) is 4.36. The topological polar surface area (TPSA) is 98.1 Å². The summed E-state index contributed by atoms with van der Waals surface area (Å²) in [7, 11) is 0. The van der Waals surface area contributed by atoms with Crippen LogP contribution in [0.25, 0.3) is 0 Å². The highest BCUT2D eigenvalue weighted by Gasteiger charge is 2.11. The van der Waals surface area contributed by atoms with Crippen LogP contribution in [0, 0.1) is 0 Å². The van der Waals surface area contributed by atoms with E-state index >= 15 is 0 Å². The Hall–Kier alpha value is -1.69. The lowest BCUT2D eigenvalue weighted by Crippen LogP contribution is -2.35. The number of hydrogen-bond donors (Lipinski definition) is 2. The van der Waals surface area contributed by atoms with E-state index in [1.807, 2.05) is 0 Å². The van der Waals surface area contributed by atoms with Gasteiger partial charge in [0.15, 0.2) is 0 Å². The van der Waals surface area contributed by atoms with Gasteiger partial charge in [0, 0.05) is 19.3 Å². The van der Waals surface area contributed by atoms with Crippen LogP contribution in [0.1, 0.15) is 25.5 Å². The smallest absolute Gasteiger partial charge is 0.237 e. The van der Waals surface area contributed by atoms with E-state index < -0.39 is 0 Å². The predicted molar refractivity (Wildman–Crippen MR) is 66.2 cm³/mol. The Morgan fingerprint density at radius 1 is 1.53 bits per heavy atom. The molecule has 0 aliphatic carbocycles. The predicted octanol–water partition coefficient (Wildman–Crippen LogP) is 0.0271. The molecule has 0 radical (unpaired) electrons. The van der Waals surface area contributed by atoms with Gasteiger partial charge < -0.3 is 16.4 Å². The van der Waals surface area contributed by atoms with Crippen molar-refractivity contribution < 1.29 is 4.79 Å². The molecule has 1 rings (SSSR count). The number of nitrogens with two attached hydrogens (primary N) is 2. The normalized spacial score (nSPS) is 10.2. The van der Waals surface area contributed by atoms with Gasteiger partial charge in [-0.15, -0.1) is 0 Å². The Balaban J connectivity index is 2.82. The highest BCUT2D eigenvalue weighted by atomic mass is 16.1. The fourth-order valence-electron chi connectivity index (χ4n) is 1.44. The fourth-order valence-corrected chi connectivity index (χ4v) is 1.44. The van der Waals surface area contributed by atoms with Gasteiger partial charge in [0.05, 0.1) is 12.2 Å². The molecule has 0 atom stereocenters. The lowest BCUT2D eigenvalue weighted by Gasteiger charge is -2.20. The van der Waals surface area contributed by atoms with Crippen LogP contribution in [0.2, 0.25) is 0 Å². The molecule has 0 spiro atoms. The van der Waals surface area contributed by atoms with E-state index in [0.29, 0.717) is 19.0 Å². The minimum absolute atomic E-state index is 0.133. The molecule has 0 aliphatic heterocycles. The summed E-state index contributed by atoms with van der Waals surface area (Å²) in [5.74, 6) is 0.128. The summed E-state index contributed by atoms with van der Waals surface area (Å²) in [4.78, 5) is 21.2. The molecule has 0 saturated carbocycles. The van der Waals surface area contributed by atoms with E-state index in [0.717, 1.165) is 18.5 Å². The number of nitrogens with zero attached hydrogens (tertiary/aromatic N) is 3. The molecule has 17 heavy (non-hydrogen) atoms. The van der Waals surface area contributed by atoms with Crippen molar-refractivity contribution in [2.75, 3.05) is 18.0 Å². The summed E-state index contributed by atoms with van der Waals surface area (Å²) >= 11 is 0. The van der Waals surface area contributed by atoms with Crippen molar-refractivity contribution in [1.29, 1.82) is 0 Å². The SMILES string of the molecule is CCCCN(CC(N)=O)c1nccc(CN)n1. The van der Waals surface area contributed by atoms with Gasteiger partial charge in [0.2, 0.25) is 11.9 Å². The molecule has 94 valence electrons. The number of aromatic nitrogens is 2. The van der Waals surface area contributed by atoms with Crippen LogP contribution >= 0.6 is 0 Å². The van der Waals surface area contributed by atoms with Crippen molar-refractivity contribution in [1.82, 2.24) is 9.97 Å². The average molecular weight is 237 g/mol. The van der Waals surface area contributed by atoms with Crippen molar-refractivity contribution in [2.45, 2.75) is 26.3 Å². The minimum atomic E-state index is -0.386. The number of carbonyl (C=O) groups is 1. The lowest BCUT2D eigenvalue weighted by atomic mass is 10.3. The van der Waals surface area contributed by atoms with Crippen LogP contribution in [0.15, 0.2) is 12.3 Å². The zero-order valence-corrected chi connectivity index (χ0v) is 10.1. The molecule has 6 heteroatoms. The molecule has 1 aromatic rings. The van der Waals surface area contributed by atoms with E-state index in [-0.39, 0.29) is 12.5 Å². The van der Waals surface area contributed by atoms with Gasteiger partial charge in [0.1, 0.15) is 0 Å². The fraction of sp³-hybridized carbons (Fsp3) is 0.545. The van der Waals surface area contributed by atoms with Gasteiger partial charge in [-0.2, -0.15) is 0 Å². The number of primary amides is 1. The molecule has 6 nitrogen and oxygen atoms in total. The van der Waals surface area contributed by atoms with E-state index in [1.165, 1.54) is 0 Å². The van der Waals surface area contributed by atoms with Gasteiger partial charge >= 0.3 is 0 Å². The highest BCUT2D eigenvalue weighted by Crippen LogP contribution is 2.08. The van der Waals surface area contributed by atoms with Gasteiger partial charge in [-0.05, 0) is 12.5 Å². The number of amides is 1. The second-order valence-electron chi connectivity index (χ2n) is 3.79. The maximum atomic E-state index is 11.0. The maximum absolute atomic E-state index is 11.0. The highest BCUT2D eigenvalue weighted by molar-refractivity contribution is 5.78. The van der Waals surface area contributed by atoms with Crippen LogP contribution in [0.5, 0.6) is 0 Å². The van der Waals surface area contributed by atoms with Crippen LogP contribution in [0.3, 0.4) is 0 Å². The molecule has 0 saturated heterocycles. The average Bonchev–Trinajstić information content (AvgIpc) is 2.34. The molecule has 1 amide bonds. The molecule has 0 aliphatic rings. The first-order chi connectivity index (χ1) is 8.17. The molecule has 0 fully saturated rings. The van der Waals surface area contributed by atoms with Crippen molar-refractivity contribution in [3.8, 4) is 0 Å². The third-order valence-corrected chi connectivity index (χ3v) is 2.32. The van der Waals surface area contributed by atoms with Crippen molar-refractivity contribution >= 4 is 11.9 Å². The molecular formula is C11H19N5O. The molecule has 4 N–H and O–H groups in total. The summed E-state index contributed by atoms with van der Waals surface area (Å²) in [6.07, 6.45) is 3.64. The Bertz CT molecular complexity index is 369. The van der Waals surface area contributed by atoms with Crippen LogP contribution in [-0.4, -0.2) is 29.0 Å². The first-order valence-corrected chi connectivity index (χ1v) is 5.72. The summed E-state index contributed by atoms with van der Waals surface area (Å²) in [5, 5.41) is 0. The number of unbranched alkanes of at least 4 members (excludes halogenated alkanes) is 1. The van der Waals surface area contributed by atoms with Gasteiger partial charge in [-0.3, -0.25) is 4.79 Å². The minimum Gasteiger partial charge on any atom is -0.368 e. The van der Waals surface area contributed by atoms with Crippen molar-refractivity contribution in [3.63, 3.8) is 0 Å². The number of rotatable bonds is 7. The number of anilines is 1. The quantitative estimate of drug-likeness (QED) is 0.697. The van der Waals surface area contributed by atoms with Crippen LogP contribution < -0.4 is 16.4 Å². The molecule has 0 aromatic carbocycles. The van der Waals surface area contributed by atoms with E-state index in [9.17, 15) is 4.79 Å². The molecule has 1 heterocycles. The molecular weight excluding hydrogens is 218 g/mol. The summed E-state index contributed by atoms with van der Waals surface area (Å²) in [6.45, 7) is 3.29. The first kappa shape index (κ1) is 13.4. The lowest BCUT2D eigenvalue weighted by molar-refractivity contribution is -0.116. The Kier molecular flexibility index (Phi) is 5.35. The maximum Gasteiger partial charge on any atom is 0.237 e.